The van der Waals surface area contributed by atoms with Crippen molar-refractivity contribution in [1.82, 2.24) is 9.99 Å². The minimum Gasteiger partial charge on any atom is -0.316 e. The van der Waals surface area contributed by atoms with E-state index in [0.717, 1.165) is 6.04 Å². The summed E-state index contributed by atoms with van der Waals surface area (Å²) in [6.07, 6.45) is 1.29. The number of nitrogens with zero attached hydrogens (tertiary/aromatic N) is 1. The van der Waals surface area contributed by atoms with Crippen molar-refractivity contribution < 1.29 is 0 Å². The molecule has 1 N–H and O–H groups in total. The van der Waals surface area contributed by atoms with Gasteiger partial charge >= 0.3 is 0 Å². The average molecular weight is 132 g/mol. The molecule has 0 amide bonds. The molecule has 0 spiro atoms. The lowest BCUT2D eigenvalue weighted by Crippen LogP contribution is -2.26. The number of rotatable bonds is 1. The van der Waals surface area contributed by atoms with Crippen LogP contribution in [0.3, 0.4) is 0 Å². The summed E-state index contributed by atoms with van der Waals surface area (Å²) in [4.78, 5) is 0. The zero-order chi connectivity index (χ0) is 5.98. The van der Waals surface area contributed by atoms with E-state index in [2.05, 4.69) is 19.4 Å². The Hall–Kier alpha value is 0.350. The highest BCUT2D eigenvalue weighted by Crippen LogP contribution is 2.11. The van der Waals surface area contributed by atoms with E-state index < -0.39 is 0 Å². The van der Waals surface area contributed by atoms with Crippen LogP contribution in [-0.4, -0.2) is 30.8 Å². The molecule has 1 aliphatic heterocycles. The van der Waals surface area contributed by atoms with Crippen LogP contribution in [-0.2, 0) is 0 Å². The van der Waals surface area contributed by atoms with E-state index >= 15 is 0 Å². The highest BCUT2D eigenvalue weighted by Gasteiger charge is 2.16. The average Bonchev–Trinajstić information content (AvgIpc) is 2.14. The van der Waals surface area contributed by atoms with Gasteiger partial charge in [-0.2, -0.15) is 0 Å². The Labute approximate surface area is 52.9 Å². The summed E-state index contributed by atoms with van der Waals surface area (Å²) >= 11 is 0. The van der Waals surface area contributed by atoms with Crippen molar-refractivity contribution in [1.29, 1.82) is 0 Å². The van der Waals surface area contributed by atoms with E-state index in [0.29, 0.717) is 0 Å². The van der Waals surface area contributed by atoms with Crippen LogP contribution in [0, 0.1) is 0 Å². The van der Waals surface area contributed by atoms with Gasteiger partial charge in [0.1, 0.15) is 0 Å². The molecule has 0 radical (unpaired) electrons. The molecule has 3 heteroatoms. The fourth-order valence-electron chi connectivity index (χ4n) is 1.02. The van der Waals surface area contributed by atoms with E-state index in [4.69, 9.17) is 0 Å². The van der Waals surface area contributed by atoms with Gasteiger partial charge in [-0.15, -0.1) is 0 Å². The van der Waals surface area contributed by atoms with Gasteiger partial charge < -0.3 is 5.32 Å². The van der Waals surface area contributed by atoms with Crippen molar-refractivity contribution in [3.8, 4) is 0 Å². The molecule has 1 rings (SSSR count). The molecule has 1 aliphatic rings. The fraction of sp³-hybridized carbons (Fsp3) is 1.00. The first-order chi connectivity index (χ1) is 3.83. The maximum absolute atomic E-state index is 3.24. The van der Waals surface area contributed by atoms with Gasteiger partial charge in [0.05, 0.1) is 0 Å². The quantitative estimate of drug-likeness (QED) is 0.508. The predicted octanol–water partition coefficient (Wildman–Crippen LogP) is 0.0702. The molecule has 2 nitrogen and oxygen atoms in total. The third-order valence-electron chi connectivity index (χ3n) is 1.63. The van der Waals surface area contributed by atoms with Crippen LogP contribution in [0.25, 0.3) is 0 Å². The third-order valence-corrected chi connectivity index (χ3v) is 2.10. The van der Waals surface area contributed by atoms with Crippen molar-refractivity contribution in [3.05, 3.63) is 0 Å². The molecule has 0 saturated carbocycles. The summed E-state index contributed by atoms with van der Waals surface area (Å²) in [7, 11) is 4.74. The molecule has 2 unspecified atom stereocenters. The summed E-state index contributed by atoms with van der Waals surface area (Å²) in [6, 6.07) is 0.729. The van der Waals surface area contributed by atoms with E-state index in [1.807, 2.05) is 7.05 Å². The van der Waals surface area contributed by atoms with Crippen LogP contribution in [0.15, 0.2) is 0 Å². The first-order valence-electron chi connectivity index (χ1n) is 3.00. The van der Waals surface area contributed by atoms with E-state index in [1.165, 1.54) is 19.5 Å². The second-order valence-electron chi connectivity index (χ2n) is 2.27. The Morgan fingerprint density at radius 2 is 2.50 bits per heavy atom. The van der Waals surface area contributed by atoms with Gasteiger partial charge in [0.15, 0.2) is 0 Å². The van der Waals surface area contributed by atoms with Crippen LogP contribution in [0.2, 0.25) is 0 Å². The number of nitrogens with one attached hydrogen (secondary N) is 1. The smallest absolute Gasteiger partial charge is 0.0207 e. The van der Waals surface area contributed by atoms with Gasteiger partial charge in [-0.25, -0.2) is 0 Å². The SMILES string of the molecule is CNC1CCN(P)C1. The zero-order valence-corrected chi connectivity index (χ0v) is 6.38. The molecule has 0 aliphatic carbocycles. The molecule has 0 aromatic rings. The van der Waals surface area contributed by atoms with Crippen LogP contribution >= 0.6 is 9.39 Å². The Morgan fingerprint density at radius 3 is 2.75 bits per heavy atom. The lowest BCUT2D eigenvalue weighted by Gasteiger charge is -2.06. The van der Waals surface area contributed by atoms with E-state index in [9.17, 15) is 0 Å². The Bertz CT molecular complexity index is 76.8. The first-order valence-corrected chi connectivity index (χ1v) is 3.51. The van der Waals surface area contributed by atoms with E-state index in [1.54, 1.807) is 0 Å². The lowest BCUT2D eigenvalue weighted by molar-refractivity contribution is 0.542. The van der Waals surface area contributed by atoms with Crippen molar-refractivity contribution in [2.45, 2.75) is 12.5 Å². The molecule has 2 atom stereocenters. The summed E-state index contributed by atoms with van der Waals surface area (Å²) in [5.41, 5.74) is 0. The number of hydrogen-bond donors (Lipinski definition) is 1. The van der Waals surface area contributed by atoms with Gasteiger partial charge in [0.25, 0.3) is 0 Å². The molecular weight excluding hydrogens is 119 g/mol. The van der Waals surface area contributed by atoms with Gasteiger partial charge in [0, 0.05) is 19.1 Å². The monoisotopic (exact) mass is 132 g/mol. The van der Waals surface area contributed by atoms with Crippen molar-refractivity contribution in [2.24, 2.45) is 0 Å². The third kappa shape index (κ3) is 1.41. The largest absolute Gasteiger partial charge is 0.316 e. The van der Waals surface area contributed by atoms with Gasteiger partial charge in [0.2, 0.25) is 0 Å². The first kappa shape index (κ1) is 6.47. The van der Waals surface area contributed by atoms with Crippen molar-refractivity contribution >= 4 is 9.39 Å². The minimum absolute atomic E-state index is 0.729. The predicted molar refractivity (Wildman–Crippen MR) is 38.7 cm³/mol. The Balaban J connectivity index is 2.22. The van der Waals surface area contributed by atoms with Crippen molar-refractivity contribution in [3.63, 3.8) is 0 Å². The van der Waals surface area contributed by atoms with E-state index in [-0.39, 0.29) is 0 Å². The molecule has 48 valence electrons. The van der Waals surface area contributed by atoms with Gasteiger partial charge in [-0.3, -0.25) is 4.67 Å². The van der Waals surface area contributed by atoms with Crippen LogP contribution < -0.4 is 5.32 Å². The fourth-order valence-corrected chi connectivity index (χ4v) is 1.43. The molecule has 0 aromatic carbocycles. The minimum atomic E-state index is 0.729. The van der Waals surface area contributed by atoms with Crippen LogP contribution in [0.5, 0.6) is 0 Å². The molecule has 0 aromatic heterocycles. The molecule has 1 saturated heterocycles. The summed E-state index contributed by atoms with van der Waals surface area (Å²) in [5.74, 6) is 0. The second-order valence-corrected chi connectivity index (χ2v) is 3.00. The normalized spacial score (nSPS) is 31.5. The summed E-state index contributed by atoms with van der Waals surface area (Å²) in [5, 5.41) is 3.24. The molecular formula is C5H13N2P. The Kier molecular flexibility index (Phi) is 2.24. The maximum Gasteiger partial charge on any atom is 0.0207 e. The second kappa shape index (κ2) is 2.77. The van der Waals surface area contributed by atoms with Gasteiger partial charge in [-0.05, 0) is 13.5 Å². The van der Waals surface area contributed by atoms with Crippen LogP contribution in [0.1, 0.15) is 6.42 Å². The van der Waals surface area contributed by atoms with Gasteiger partial charge in [-0.1, -0.05) is 9.39 Å². The molecule has 1 heterocycles. The van der Waals surface area contributed by atoms with Crippen molar-refractivity contribution in [2.75, 3.05) is 20.1 Å². The zero-order valence-electron chi connectivity index (χ0n) is 5.22. The standard InChI is InChI=1S/C5H13N2P/c1-6-5-2-3-7(8)4-5/h5-6H,2-4,8H2,1H3. The molecule has 0 bridgehead atoms. The summed E-state index contributed by atoms with van der Waals surface area (Å²) < 4.78 is 2.27. The highest BCUT2D eigenvalue weighted by atomic mass is 31.0. The number of hydrogen-bond acceptors (Lipinski definition) is 2. The topological polar surface area (TPSA) is 15.3 Å². The molecule has 8 heavy (non-hydrogen) atoms. The highest BCUT2D eigenvalue weighted by molar-refractivity contribution is 7.13. The maximum atomic E-state index is 3.24. The number of likely N-dealkylation sites (N-methyl/N-ethyl adjacent to an activating group) is 1. The summed E-state index contributed by atoms with van der Waals surface area (Å²) in [6.45, 7) is 2.40. The Morgan fingerprint density at radius 1 is 1.75 bits per heavy atom. The molecule has 1 fully saturated rings. The van der Waals surface area contributed by atoms with Crippen LogP contribution in [0.4, 0.5) is 0 Å². The lowest BCUT2D eigenvalue weighted by atomic mass is 10.3.